The number of hydrogen-bond acceptors (Lipinski definition) is 4. The largest absolute Gasteiger partial charge is 0.494 e. The molecule has 1 saturated heterocycles. The second-order valence-corrected chi connectivity index (χ2v) is 6.31. The lowest BCUT2D eigenvalue weighted by Crippen LogP contribution is -2.39. The molecule has 0 bridgehead atoms. The van der Waals surface area contributed by atoms with Gasteiger partial charge in [0.15, 0.2) is 0 Å². The third-order valence-corrected chi connectivity index (χ3v) is 4.76. The number of pyridine rings is 1. The predicted molar refractivity (Wildman–Crippen MR) is 95.6 cm³/mol. The summed E-state index contributed by atoms with van der Waals surface area (Å²) in [5.41, 5.74) is 2.20. The summed E-state index contributed by atoms with van der Waals surface area (Å²) in [6, 6.07) is 12.1. The molecule has 0 spiro atoms. The number of piperidine rings is 1. The fourth-order valence-corrected chi connectivity index (χ4v) is 3.52. The van der Waals surface area contributed by atoms with E-state index in [1.165, 1.54) is 0 Å². The Labute approximate surface area is 148 Å². The molecule has 5 heteroatoms. The van der Waals surface area contributed by atoms with Gasteiger partial charge in [-0.25, -0.2) is 0 Å². The Morgan fingerprint density at radius 1 is 1.28 bits per heavy atom. The van der Waals surface area contributed by atoms with Crippen LogP contribution in [-0.4, -0.2) is 40.7 Å². The molecule has 5 nitrogen and oxygen atoms in total. The van der Waals surface area contributed by atoms with Gasteiger partial charge >= 0.3 is 5.97 Å². The zero-order chi connectivity index (χ0) is 17.6. The molecule has 2 aromatic rings. The molecule has 1 N–H and O–H groups in total. The fraction of sp³-hybridized carbons (Fsp3) is 0.400. The van der Waals surface area contributed by atoms with Gasteiger partial charge in [-0.05, 0) is 50.6 Å². The van der Waals surface area contributed by atoms with Crippen molar-refractivity contribution in [3.05, 3.63) is 59.9 Å². The Morgan fingerprint density at radius 3 is 2.68 bits per heavy atom. The van der Waals surface area contributed by atoms with Crippen molar-refractivity contribution >= 4 is 5.97 Å². The molecule has 25 heavy (non-hydrogen) atoms. The number of rotatable bonds is 6. The Hall–Kier alpha value is -2.40. The number of benzene rings is 1. The summed E-state index contributed by atoms with van der Waals surface area (Å²) in [4.78, 5) is 17.9. The Morgan fingerprint density at radius 2 is 2.04 bits per heavy atom. The van der Waals surface area contributed by atoms with Gasteiger partial charge in [0.1, 0.15) is 5.75 Å². The maximum Gasteiger partial charge on any atom is 0.306 e. The number of hydrogen-bond donors (Lipinski definition) is 1. The number of aromatic nitrogens is 1. The molecule has 1 aromatic carbocycles. The van der Waals surface area contributed by atoms with E-state index in [2.05, 4.69) is 22.0 Å². The van der Waals surface area contributed by atoms with Crippen LogP contribution >= 0.6 is 0 Å². The van der Waals surface area contributed by atoms with Crippen molar-refractivity contribution in [1.82, 2.24) is 9.88 Å². The minimum absolute atomic E-state index is 0.0196. The number of nitrogens with zero attached hydrogens (tertiary/aromatic N) is 2. The highest BCUT2D eigenvalue weighted by Crippen LogP contribution is 2.36. The van der Waals surface area contributed by atoms with Gasteiger partial charge < -0.3 is 9.84 Å². The minimum atomic E-state index is -0.688. The molecule has 3 rings (SSSR count). The number of carboxylic acids is 1. The van der Waals surface area contributed by atoms with Gasteiger partial charge in [-0.3, -0.25) is 14.7 Å². The van der Waals surface area contributed by atoms with E-state index < -0.39 is 5.97 Å². The molecule has 1 aliphatic rings. The van der Waals surface area contributed by atoms with Crippen molar-refractivity contribution < 1.29 is 14.6 Å². The standard InChI is InChI=1S/C20H24N2O3/c1-2-25-18-8-4-3-7-17(18)19(16-6-5-11-21-14-16)22-12-9-15(10-13-22)20(23)24/h3-8,11,14-15,19H,2,9-10,12-13H2,1H3,(H,23,24). The number of ether oxygens (including phenoxy) is 1. The number of likely N-dealkylation sites (tertiary alicyclic amines) is 1. The first-order chi connectivity index (χ1) is 12.2. The molecule has 0 radical (unpaired) electrons. The van der Waals surface area contributed by atoms with E-state index in [9.17, 15) is 9.90 Å². The molecule has 1 unspecified atom stereocenters. The summed E-state index contributed by atoms with van der Waals surface area (Å²) in [7, 11) is 0. The Bertz CT molecular complexity index is 697. The average molecular weight is 340 g/mol. The Balaban J connectivity index is 1.94. The van der Waals surface area contributed by atoms with Crippen LogP contribution in [-0.2, 0) is 4.79 Å². The third kappa shape index (κ3) is 3.99. The van der Waals surface area contributed by atoms with Crippen molar-refractivity contribution in [3.63, 3.8) is 0 Å². The minimum Gasteiger partial charge on any atom is -0.494 e. The summed E-state index contributed by atoms with van der Waals surface area (Å²) in [5.74, 6) is -0.0561. The first-order valence-corrected chi connectivity index (χ1v) is 8.79. The van der Waals surface area contributed by atoms with Crippen LogP contribution in [0.15, 0.2) is 48.8 Å². The summed E-state index contributed by atoms with van der Waals surface area (Å²) < 4.78 is 5.85. The summed E-state index contributed by atoms with van der Waals surface area (Å²) in [5, 5.41) is 9.26. The summed E-state index contributed by atoms with van der Waals surface area (Å²) in [6.45, 7) is 4.08. The second kappa shape index (κ2) is 8.12. The number of para-hydroxylation sites is 1. The van der Waals surface area contributed by atoms with E-state index in [-0.39, 0.29) is 12.0 Å². The SMILES string of the molecule is CCOc1ccccc1C(c1cccnc1)N1CCC(C(=O)O)CC1. The molecule has 2 heterocycles. The van der Waals surface area contributed by atoms with Crippen LogP contribution in [0.4, 0.5) is 0 Å². The van der Waals surface area contributed by atoms with Crippen molar-refractivity contribution in [3.8, 4) is 5.75 Å². The van der Waals surface area contributed by atoms with Gasteiger partial charge in [0.2, 0.25) is 0 Å². The second-order valence-electron chi connectivity index (χ2n) is 6.31. The number of aliphatic carboxylic acids is 1. The van der Waals surface area contributed by atoms with Gasteiger partial charge in [-0.15, -0.1) is 0 Å². The molecular formula is C20H24N2O3. The van der Waals surface area contributed by atoms with Gasteiger partial charge in [-0.1, -0.05) is 24.3 Å². The predicted octanol–water partition coefficient (Wildman–Crippen LogP) is 3.37. The van der Waals surface area contributed by atoms with E-state index in [4.69, 9.17) is 4.74 Å². The zero-order valence-corrected chi connectivity index (χ0v) is 14.5. The first kappa shape index (κ1) is 17.4. The van der Waals surface area contributed by atoms with Crippen LogP contribution in [0.2, 0.25) is 0 Å². The summed E-state index contributed by atoms with van der Waals surface area (Å²) in [6.07, 6.45) is 4.99. The molecule has 132 valence electrons. The number of carboxylic acid groups (broad SMARTS) is 1. The molecule has 1 aliphatic heterocycles. The van der Waals surface area contributed by atoms with Crippen LogP contribution in [0.25, 0.3) is 0 Å². The smallest absolute Gasteiger partial charge is 0.306 e. The van der Waals surface area contributed by atoms with Gasteiger partial charge in [0, 0.05) is 18.0 Å². The molecule has 0 amide bonds. The topological polar surface area (TPSA) is 62.7 Å². The van der Waals surface area contributed by atoms with E-state index >= 15 is 0 Å². The average Bonchev–Trinajstić information content (AvgIpc) is 2.65. The lowest BCUT2D eigenvalue weighted by Gasteiger charge is -2.37. The van der Waals surface area contributed by atoms with E-state index in [0.29, 0.717) is 19.4 Å². The van der Waals surface area contributed by atoms with Crippen LogP contribution < -0.4 is 4.74 Å². The first-order valence-electron chi connectivity index (χ1n) is 8.79. The maximum atomic E-state index is 11.3. The molecular weight excluding hydrogens is 316 g/mol. The molecule has 1 aromatic heterocycles. The van der Waals surface area contributed by atoms with Gasteiger partial charge in [-0.2, -0.15) is 0 Å². The lowest BCUT2D eigenvalue weighted by atomic mass is 9.91. The third-order valence-electron chi connectivity index (χ3n) is 4.76. The zero-order valence-electron chi connectivity index (χ0n) is 14.5. The van der Waals surface area contributed by atoms with Crippen molar-refractivity contribution in [2.45, 2.75) is 25.8 Å². The van der Waals surface area contributed by atoms with Gasteiger partial charge in [0.25, 0.3) is 0 Å². The van der Waals surface area contributed by atoms with Crippen LogP contribution in [0, 0.1) is 5.92 Å². The molecule has 0 saturated carbocycles. The molecule has 1 fully saturated rings. The highest BCUT2D eigenvalue weighted by molar-refractivity contribution is 5.70. The van der Waals surface area contributed by atoms with Crippen molar-refractivity contribution in [2.75, 3.05) is 19.7 Å². The molecule has 1 atom stereocenters. The maximum absolute atomic E-state index is 11.3. The highest BCUT2D eigenvalue weighted by Gasteiger charge is 2.31. The van der Waals surface area contributed by atoms with Crippen LogP contribution in [0.1, 0.15) is 36.9 Å². The van der Waals surface area contributed by atoms with Crippen LogP contribution in [0.3, 0.4) is 0 Å². The van der Waals surface area contributed by atoms with E-state index in [1.807, 2.05) is 37.4 Å². The van der Waals surface area contributed by atoms with Crippen molar-refractivity contribution in [2.24, 2.45) is 5.92 Å². The monoisotopic (exact) mass is 340 g/mol. The normalized spacial score (nSPS) is 17.2. The summed E-state index contributed by atoms with van der Waals surface area (Å²) >= 11 is 0. The van der Waals surface area contributed by atoms with E-state index in [0.717, 1.165) is 30.0 Å². The highest BCUT2D eigenvalue weighted by atomic mass is 16.5. The van der Waals surface area contributed by atoms with Crippen LogP contribution in [0.5, 0.6) is 5.75 Å². The van der Waals surface area contributed by atoms with E-state index in [1.54, 1.807) is 6.20 Å². The quantitative estimate of drug-likeness (QED) is 0.873. The van der Waals surface area contributed by atoms with Gasteiger partial charge in [0.05, 0.1) is 18.6 Å². The number of carbonyl (C=O) groups is 1. The Kier molecular flexibility index (Phi) is 5.66. The fourth-order valence-electron chi connectivity index (χ4n) is 3.52. The lowest BCUT2D eigenvalue weighted by molar-refractivity contribution is -0.143. The molecule has 0 aliphatic carbocycles. The van der Waals surface area contributed by atoms with Crippen molar-refractivity contribution in [1.29, 1.82) is 0 Å².